The molecule has 0 aromatic rings. The van der Waals surface area contributed by atoms with Crippen LogP contribution in [0, 0.1) is 5.41 Å². The van der Waals surface area contributed by atoms with Crippen molar-refractivity contribution in [1.82, 2.24) is 0 Å². The summed E-state index contributed by atoms with van der Waals surface area (Å²) in [6.45, 7) is 5.39. The SMILES string of the molecule is Br.CC(C)(C)C(N)C(=O)O. The average molecular weight is 212 g/mol. The number of aliphatic carboxylic acids is 1. The van der Waals surface area contributed by atoms with Gasteiger partial charge in [0.05, 0.1) is 0 Å². The standard InChI is InChI=1S/C6H13NO2.BrH/c1-6(2,3)4(7)5(8)9;/h4H,7H2,1-3H3,(H,8,9);1H. The molecule has 0 saturated heterocycles. The molecule has 10 heavy (non-hydrogen) atoms. The number of halogens is 1. The van der Waals surface area contributed by atoms with E-state index in [-0.39, 0.29) is 22.4 Å². The van der Waals surface area contributed by atoms with E-state index in [9.17, 15) is 4.79 Å². The molecular formula is C6H14BrNO2. The van der Waals surface area contributed by atoms with E-state index in [1.165, 1.54) is 0 Å². The molecule has 0 radical (unpaired) electrons. The van der Waals surface area contributed by atoms with Gasteiger partial charge in [-0.25, -0.2) is 0 Å². The Morgan fingerprint density at radius 1 is 1.50 bits per heavy atom. The fourth-order valence-corrected chi connectivity index (χ4v) is 0.370. The molecule has 0 aliphatic carbocycles. The fraction of sp³-hybridized carbons (Fsp3) is 0.833. The van der Waals surface area contributed by atoms with E-state index in [0.29, 0.717) is 0 Å². The summed E-state index contributed by atoms with van der Waals surface area (Å²) in [4.78, 5) is 10.2. The van der Waals surface area contributed by atoms with Crippen LogP contribution in [0.25, 0.3) is 0 Å². The topological polar surface area (TPSA) is 63.3 Å². The Bertz CT molecular complexity index is 119. The van der Waals surface area contributed by atoms with Crippen molar-refractivity contribution in [3.8, 4) is 0 Å². The third kappa shape index (κ3) is 3.85. The first-order valence-electron chi connectivity index (χ1n) is 2.84. The van der Waals surface area contributed by atoms with E-state index in [0.717, 1.165) is 0 Å². The number of hydrogen-bond donors (Lipinski definition) is 2. The highest BCUT2D eigenvalue weighted by Gasteiger charge is 2.26. The second kappa shape index (κ2) is 3.93. The first kappa shape index (κ1) is 12.6. The van der Waals surface area contributed by atoms with Gasteiger partial charge in [0.1, 0.15) is 6.04 Å². The number of carbonyl (C=O) groups is 1. The predicted octanol–water partition coefficient (Wildman–Crippen LogP) is 1.02. The predicted molar refractivity (Wildman–Crippen MR) is 45.4 cm³/mol. The first-order chi connectivity index (χ1) is 3.85. The second-order valence-electron chi connectivity index (χ2n) is 3.18. The lowest BCUT2D eigenvalue weighted by atomic mass is 9.88. The summed E-state index contributed by atoms with van der Waals surface area (Å²) in [7, 11) is 0. The highest BCUT2D eigenvalue weighted by molar-refractivity contribution is 8.93. The Morgan fingerprint density at radius 2 is 1.80 bits per heavy atom. The molecule has 62 valence electrons. The number of carboxylic acid groups (broad SMARTS) is 1. The summed E-state index contributed by atoms with van der Waals surface area (Å²) in [5, 5.41) is 8.39. The highest BCUT2D eigenvalue weighted by Crippen LogP contribution is 2.16. The largest absolute Gasteiger partial charge is 0.480 e. The van der Waals surface area contributed by atoms with Crippen LogP contribution in [0.5, 0.6) is 0 Å². The van der Waals surface area contributed by atoms with Gasteiger partial charge >= 0.3 is 5.97 Å². The van der Waals surface area contributed by atoms with Gasteiger partial charge in [-0.2, -0.15) is 0 Å². The molecule has 3 nitrogen and oxygen atoms in total. The van der Waals surface area contributed by atoms with Crippen LogP contribution in [0.3, 0.4) is 0 Å². The second-order valence-corrected chi connectivity index (χ2v) is 3.18. The smallest absolute Gasteiger partial charge is 0.321 e. The van der Waals surface area contributed by atoms with Crippen LogP contribution in [0.15, 0.2) is 0 Å². The molecule has 0 aliphatic rings. The maximum absolute atomic E-state index is 10.2. The minimum absolute atomic E-state index is 0. The molecule has 0 aromatic heterocycles. The molecule has 0 heterocycles. The minimum atomic E-state index is -0.942. The van der Waals surface area contributed by atoms with Gasteiger partial charge in [0.2, 0.25) is 0 Å². The third-order valence-corrected chi connectivity index (χ3v) is 1.20. The van der Waals surface area contributed by atoms with Crippen LogP contribution in [-0.2, 0) is 4.79 Å². The van der Waals surface area contributed by atoms with Crippen molar-refractivity contribution in [1.29, 1.82) is 0 Å². The quantitative estimate of drug-likeness (QED) is 0.682. The van der Waals surface area contributed by atoms with Crippen LogP contribution >= 0.6 is 17.0 Å². The Kier molecular flexibility index (Phi) is 4.94. The molecule has 0 aliphatic heterocycles. The molecule has 3 N–H and O–H groups in total. The zero-order valence-electron chi connectivity index (χ0n) is 6.42. The van der Waals surface area contributed by atoms with Gasteiger partial charge in [0, 0.05) is 0 Å². The number of nitrogens with two attached hydrogens (primary N) is 1. The zero-order valence-corrected chi connectivity index (χ0v) is 8.13. The van der Waals surface area contributed by atoms with Crippen molar-refractivity contribution in [2.45, 2.75) is 26.8 Å². The Labute approximate surface area is 71.4 Å². The molecule has 0 bridgehead atoms. The van der Waals surface area contributed by atoms with Gasteiger partial charge in [0.25, 0.3) is 0 Å². The molecule has 1 unspecified atom stereocenters. The normalized spacial score (nSPS) is 13.6. The molecule has 0 amide bonds. The van der Waals surface area contributed by atoms with E-state index in [4.69, 9.17) is 10.8 Å². The van der Waals surface area contributed by atoms with Gasteiger partial charge in [-0.05, 0) is 5.41 Å². The summed E-state index contributed by atoms with van der Waals surface area (Å²) in [5.41, 5.74) is 4.95. The van der Waals surface area contributed by atoms with Gasteiger partial charge in [-0.1, -0.05) is 20.8 Å². The van der Waals surface area contributed by atoms with E-state index < -0.39 is 12.0 Å². The zero-order chi connectivity index (χ0) is 7.65. The van der Waals surface area contributed by atoms with E-state index >= 15 is 0 Å². The number of rotatable bonds is 1. The molecule has 0 rings (SSSR count). The molecule has 1 atom stereocenters. The summed E-state index contributed by atoms with van der Waals surface area (Å²) in [6, 6.07) is -0.766. The molecule has 0 saturated carbocycles. The maximum atomic E-state index is 10.2. The van der Waals surface area contributed by atoms with Crippen molar-refractivity contribution in [3.05, 3.63) is 0 Å². The van der Waals surface area contributed by atoms with Crippen LogP contribution in [-0.4, -0.2) is 17.1 Å². The van der Waals surface area contributed by atoms with Crippen LogP contribution < -0.4 is 5.73 Å². The first-order valence-corrected chi connectivity index (χ1v) is 2.84. The van der Waals surface area contributed by atoms with Crippen molar-refractivity contribution < 1.29 is 9.90 Å². The van der Waals surface area contributed by atoms with E-state index in [1.54, 1.807) is 20.8 Å². The summed E-state index contributed by atoms with van der Waals surface area (Å²) in [5.74, 6) is -0.942. The van der Waals surface area contributed by atoms with E-state index in [2.05, 4.69) is 0 Å². The van der Waals surface area contributed by atoms with Crippen molar-refractivity contribution in [2.24, 2.45) is 11.1 Å². The minimum Gasteiger partial charge on any atom is -0.480 e. The lowest BCUT2D eigenvalue weighted by Gasteiger charge is -2.22. The Balaban J connectivity index is 0. The lowest BCUT2D eigenvalue weighted by molar-refractivity contribution is -0.141. The highest BCUT2D eigenvalue weighted by atomic mass is 79.9. The van der Waals surface area contributed by atoms with Crippen molar-refractivity contribution in [3.63, 3.8) is 0 Å². The fourth-order valence-electron chi connectivity index (χ4n) is 0.370. The van der Waals surface area contributed by atoms with E-state index in [1.807, 2.05) is 0 Å². The number of hydrogen-bond acceptors (Lipinski definition) is 2. The Hall–Kier alpha value is -0.0900. The van der Waals surface area contributed by atoms with Crippen LogP contribution in [0.2, 0.25) is 0 Å². The molecule has 0 spiro atoms. The van der Waals surface area contributed by atoms with Crippen LogP contribution in [0.1, 0.15) is 20.8 Å². The molecule has 0 aromatic carbocycles. The van der Waals surface area contributed by atoms with Gasteiger partial charge in [0.15, 0.2) is 0 Å². The summed E-state index contributed by atoms with van der Waals surface area (Å²) in [6.07, 6.45) is 0. The molecule has 0 fully saturated rings. The average Bonchev–Trinajstić information content (AvgIpc) is 1.62. The van der Waals surface area contributed by atoms with Crippen molar-refractivity contribution in [2.75, 3.05) is 0 Å². The lowest BCUT2D eigenvalue weighted by Crippen LogP contribution is -2.41. The van der Waals surface area contributed by atoms with Gasteiger partial charge in [-0.3, -0.25) is 4.79 Å². The summed E-state index contributed by atoms with van der Waals surface area (Å²) >= 11 is 0. The van der Waals surface area contributed by atoms with Gasteiger partial charge in [-0.15, -0.1) is 17.0 Å². The van der Waals surface area contributed by atoms with Gasteiger partial charge < -0.3 is 10.8 Å². The third-order valence-electron chi connectivity index (χ3n) is 1.20. The molecular weight excluding hydrogens is 198 g/mol. The monoisotopic (exact) mass is 211 g/mol. The number of carboxylic acids is 1. The van der Waals surface area contributed by atoms with Crippen LogP contribution in [0.4, 0.5) is 0 Å². The summed E-state index contributed by atoms with van der Waals surface area (Å²) < 4.78 is 0. The maximum Gasteiger partial charge on any atom is 0.321 e. The van der Waals surface area contributed by atoms with Crippen molar-refractivity contribution >= 4 is 23.0 Å². The Morgan fingerprint density at radius 3 is 1.80 bits per heavy atom. The molecule has 4 heteroatoms.